The Morgan fingerprint density at radius 2 is 2.11 bits per heavy atom. The maximum Gasteiger partial charge on any atom is 0.232 e. The normalized spacial score (nSPS) is 24.3. The van der Waals surface area contributed by atoms with Gasteiger partial charge in [-0.25, -0.2) is 4.98 Å². The Balaban J connectivity index is 2.10. The Hall–Kier alpha value is -1.42. The molecule has 1 fully saturated rings. The topological polar surface area (TPSA) is 59.2 Å². The zero-order valence-electron chi connectivity index (χ0n) is 10.9. The van der Waals surface area contributed by atoms with Gasteiger partial charge in [-0.05, 0) is 25.0 Å². The number of hydrogen-bond acceptors (Lipinski definition) is 3. The molecule has 0 spiro atoms. The van der Waals surface area contributed by atoms with E-state index in [0.29, 0.717) is 5.82 Å². The number of nitrogens with two attached hydrogens (primary N) is 1. The molecule has 2 rings (SSSR count). The highest BCUT2D eigenvalue weighted by Gasteiger charge is 2.29. The van der Waals surface area contributed by atoms with Gasteiger partial charge in [0.15, 0.2) is 0 Å². The van der Waals surface area contributed by atoms with Crippen molar-refractivity contribution in [3.05, 3.63) is 24.4 Å². The Kier molecular flexibility index (Phi) is 4.31. The van der Waals surface area contributed by atoms with Crippen molar-refractivity contribution in [2.24, 2.45) is 11.7 Å². The number of aromatic nitrogens is 1. The molecule has 2 unspecified atom stereocenters. The van der Waals surface area contributed by atoms with Crippen molar-refractivity contribution in [1.82, 2.24) is 4.98 Å². The predicted molar refractivity (Wildman–Crippen MR) is 72.2 cm³/mol. The Labute approximate surface area is 108 Å². The lowest BCUT2D eigenvalue weighted by Gasteiger charge is -2.25. The van der Waals surface area contributed by atoms with E-state index in [-0.39, 0.29) is 17.9 Å². The average molecular weight is 247 g/mol. The zero-order valence-corrected chi connectivity index (χ0v) is 10.9. The number of pyridine rings is 1. The molecule has 4 nitrogen and oxygen atoms in total. The van der Waals surface area contributed by atoms with Crippen molar-refractivity contribution in [3.8, 4) is 0 Å². The summed E-state index contributed by atoms with van der Waals surface area (Å²) in [5, 5.41) is 0. The van der Waals surface area contributed by atoms with E-state index < -0.39 is 0 Å². The molecule has 1 aromatic rings. The fourth-order valence-electron chi connectivity index (χ4n) is 2.56. The highest BCUT2D eigenvalue weighted by Crippen LogP contribution is 2.25. The number of anilines is 1. The molecule has 98 valence electrons. The largest absolute Gasteiger partial charge is 0.327 e. The Bertz CT molecular complexity index is 393. The number of nitrogens with zero attached hydrogens (tertiary/aromatic N) is 2. The third kappa shape index (κ3) is 2.88. The first-order valence-corrected chi connectivity index (χ1v) is 6.64. The standard InChI is InChI=1S/C14H21N3O/c1-17(13-9-5-6-10-16-13)14(18)11-7-3-2-4-8-12(11)15/h5-6,9-12H,2-4,7-8,15H2,1H3. The molecule has 1 amide bonds. The molecule has 1 aliphatic carbocycles. The van der Waals surface area contributed by atoms with E-state index >= 15 is 0 Å². The summed E-state index contributed by atoms with van der Waals surface area (Å²) in [4.78, 5) is 18.3. The summed E-state index contributed by atoms with van der Waals surface area (Å²) in [6, 6.07) is 5.57. The first kappa shape index (κ1) is 13.0. The van der Waals surface area contributed by atoms with E-state index in [9.17, 15) is 4.79 Å². The first-order chi connectivity index (χ1) is 8.70. The third-order valence-electron chi connectivity index (χ3n) is 3.71. The van der Waals surface area contributed by atoms with Crippen LogP contribution in [0.4, 0.5) is 5.82 Å². The molecular formula is C14H21N3O. The van der Waals surface area contributed by atoms with Gasteiger partial charge in [0.1, 0.15) is 5.82 Å². The van der Waals surface area contributed by atoms with E-state index in [1.54, 1.807) is 18.1 Å². The molecule has 0 saturated heterocycles. The van der Waals surface area contributed by atoms with Crippen molar-refractivity contribution in [2.75, 3.05) is 11.9 Å². The highest BCUT2D eigenvalue weighted by atomic mass is 16.2. The molecule has 1 heterocycles. The number of hydrogen-bond donors (Lipinski definition) is 1. The fourth-order valence-corrected chi connectivity index (χ4v) is 2.56. The lowest BCUT2D eigenvalue weighted by Crippen LogP contribution is -2.42. The smallest absolute Gasteiger partial charge is 0.232 e. The summed E-state index contributed by atoms with van der Waals surface area (Å²) >= 11 is 0. The van der Waals surface area contributed by atoms with E-state index in [1.807, 2.05) is 18.2 Å². The SMILES string of the molecule is CN(C(=O)C1CCCCCC1N)c1ccccn1. The zero-order chi connectivity index (χ0) is 13.0. The summed E-state index contributed by atoms with van der Waals surface area (Å²) in [5.41, 5.74) is 6.13. The van der Waals surface area contributed by atoms with Gasteiger partial charge in [0.05, 0.1) is 5.92 Å². The van der Waals surface area contributed by atoms with E-state index in [1.165, 1.54) is 6.42 Å². The maximum absolute atomic E-state index is 12.5. The molecule has 0 aliphatic heterocycles. The first-order valence-electron chi connectivity index (χ1n) is 6.64. The second-order valence-electron chi connectivity index (χ2n) is 4.99. The fraction of sp³-hybridized carbons (Fsp3) is 0.571. The van der Waals surface area contributed by atoms with Gasteiger partial charge >= 0.3 is 0 Å². The van der Waals surface area contributed by atoms with Crippen LogP contribution in [-0.2, 0) is 4.79 Å². The number of rotatable bonds is 2. The lowest BCUT2D eigenvalue weighted by atomic mass is 9.94. The summed E-state index contributed by atoms with van der Waals surface area (Å²) in [6.07, 6.45) is 6.97. The van der Waals surface area contributed by atoms with Crippen LogP contribution >= 0.6 is 0 Å². The highest BCUT2D eigenvalue weighted by molar-refractivity contribution is 5.94. The van der Waals surface area contributed by atoms with Gasteiger partial charge in [0.2, 0.25) is 5.91 Å². The summed E-state index contributed by atoms with van der Waals surface area (Å²) < 4.78 is 0. The lowest BCUT2D eigenvalue weighted by molar-refractivity contribution is -0.122. The van der Waals surface area contributed by atoms with Crippen molar-refractivity contribution in [3.63, 3.8) is 0 Å². The molecule has 1 aliphatic rings. The molecule has 18 heavy (non-hydrogen) atoms. The van der Waals surface area contributed by atoms with Gasteiger partial charge in [-0.2, -0.15) is 0 Å². The van der Waals surface area contributed by atoms with Crippen LogP contribution in [0.2, 0.25) is 0 Å². The second kappa shape index (κ2) is 5.96. The van der Waals surface area contributed by atoms with Crippen molar-refractivity contribution < 1.29 is 4.79 Å². The van der Waals surface area contributed by atoms with Gasteiger partial charge in [-0.1, -0.05) is 25.3 Å². The molecule has 2 atom stereocenters. The minimum atomic E-state index is -0.0560. The van der Waals surface area contributed by atoms with Gasteiger partial charge in [0, 0.05) is 19.3 Å². The Morgan fingerprint density at radius 1 is 1.33 bits per heavy atom. The van der Waals surface area contributed by atoms with Gasteiger partial charge < -0.3 is 5.73 Å². The number of amides is 1. The molecule has 1 saturated carbocycles. The molecule has 4 heteroatoms. The van der Waals surface area contributed by atoms with Crippen LogP contribution in [0.5, 0.6) is 0 Å². The third-order valence-corrected chi connectivity index (χ3v) is 3.71. The van der Waals surface area contributed by atoms with Crippen LogP contribution in [0.3, 0.4) is 0 Å². The van der Waals surface area contributed by atoms with Crippen molar-refractivity contribution in [1.29, 1.82) is 0 Å². The van der Waals surface area contributed by atoms with Gasteiger partial charge in [-0.3, -0.25) is 9.69 Å². The molecule has 0 aromatic carbocycles. The predicted octanol–water partition coefficient (Wildman–Crippen LogP) is 1.95. The van der Waals surface area contributed by atoms with Gasteiger partial charge in [0.25, 0.3) is 0 Å². The van der Waals surface area contributed by atoms with Crippen molar-refractivity contribution in [2.45, 2.75) is 38.1 Å². The van der Waals surface area contributed by atoms with Crippen LogP contribution in [-0.4, -0.2) is 24.0 Å². The quantitative estimate of drug-likeness (QED) is 0.813. The van der Waals surface area contributed by atoms with Crippen molar-refractivity contribution >= 4 is 11.7 Å². The number of carbonyl (C=O) groups excluding carboxylic acids is 1. The minimum absolute atomic E-state index is 0.00818. The van der Waals surface area contributed by atoms with Gasteiger partial charge in [-0.15, -0.1) is 0 Å². The number of carbonyl (C=O) groups is 1. The van der Waals surface area contributed by atoms with E-state index in [2.05, 4.69) is 4.98 Å². The van der Waals surface area contributed by atoms with Crippen LogP contribution < -0.4 is 10.6 Å². The van der Waals surface area contributed by atoms with Crippen LogP contribution in [0.15, 0.2) is 24.4 Å². The molecule has 1 aromatic heterocycles. The molecule has 0 radical (unpaired) electrons. The van der Waals surface area contributed by atoms with Crippen LogP contribution in [0, 0.1) is 5.92 Å². The molecule has 2 N–H and O–H groups in total. The summed E-state index contributed by atoms with van der Waals surface area (Å²) in [7, 11) is 1.78. The molecular weight excluding hydrogens is 226 g/mol. The maximum atomic E-state index is 12.5. The summed E-state index contributed by atoms with van der Waals surface area (Å²) in [5.74, 6) is 0.738. The Morgan fingerprint density at radius 3 is 2.83 bits per heavy atom. The molecule has 0 bridgehead atoms. The van der Waals surface area contributed by atoms with E-state index in [4.69, 9.17) is 5.73 Å². The van der Waals surface area contributed by atoms with Crippen LogP contribution in [0.1, 0.15) is 32.1 Å². The summed E-state index contributed by atoms with van der Waals surface area (Å²) in [6.45, 7) is 0. The van der Waals surface area contributed by atoms with E-state index in [0.717, 1.165) is 25.7 Å². The average Bonchev–Trinajstić information content (AvgIpc) is 2.63. The monoisotopic (exact) mass is 247 g/mol. The second-order valence-corrected chi connectivity index (χ2v) is 4.99. The minimum Gasteiger partial charge on any atom is -0.327 e. The van der Waals surface area contributed by atoms with Crippen LogP contribution in [0.25, 0.3) is 0 Å².